The van der Waals surface area contributed by atoms with Crippen molar-refractivity contribution in [1.82, 2.24) is 9.88 Å². The minimum Gasteiger partial charge on any atom is -0.399 e. The molecule has 0 aliphatic carbocycles. The first-order chi connectivity index (χ1) is 9.56. The predicted molar refractivity (Wildman–Crippen MR) is 81.9 cm³/mol. The smallest absolute Gasteiger partial charge is 0.244 e. The average Bonchev–Trinajstić information content (AvgIpc) is 2.76. The number of nitrogens with two attached hydrogens (primary N) is 1. The molecule has 1 aromatic carbocycles. The van der Waals surface area contributed by atoms with Crippen LogP contribution in [0.25, 0.3) is 6.08 Å². The lowest BCUT2D eigenvalue weighted by atomic mass is 10.2. The van der Waals surface area contributed by atoms with Crippen molar-refractivity contribution in [2.24, 2.45) is 7.05 Å². The lowest BCUT2D eigenvalue weighted by Crippen LogP contribution is -2.21. The second-order valence-electron chi connectivity index (χ2n) is 4.74. The van der Waals surface area contributed by atoms with Gasteiger partial charge < -0.3 is 15.6 Å². The fourth-order valence-corrected chi connectivity index (χ4v) is 1.86. The maximum atomic E-state index is 11.7. The van der Waals surface area contributed by atoms with Crippen LogP contribution in [0.5, 0.6) is 0 Å². The lowest BCUT2D eigenvalue weighted by Gasteiger charge is -2.05. The number of rotatable bonds is 4. The molecule has 1 aromatic heterocycles. The van der Waals surface area contributed by atoms with Crippen LogP contribution in [0.3, 0.4) is 0 Å². The fourth-order valence-electron chi connectivity index (χ4n) is 1.86. The Balaban J connectivity index is 1.89. The molecular weight excluding hydrogens is 250 g/mol. The summed E-state index contributed by atoms with van der Waals surface area (Å²) in [5, 5.41) is 2.86. The number of nitrogens with zero attached hydrogens (tertiary/aromatic N) is 1. The number of carbonyl (C=O) groups excluding carboxylic acids is 1. The molecule has 1 amide bonds. The highest BCUT2D eigenvalue weighted by Gasteiger charge is 2.02. The van der Waals surface area contributed by atoms with Gasteiger partial charge in [-0.2, -0.15) is 0 Å². The van der Waals surface area contributed by atoms with E-state index in [1.807, 2.05) is 50.4 Å². The van der Waals surface area contributed by atoms with E-state index in [2.05, 4.69) is 9.88 Å². The Bertz CT molecular complexity index is 624. The van der Waals surface area contributed by atoms with Gasteiger partial charge in [0.2, 0.25) is 5.91 Å². The molecule has 0 atom stereocenters. The summed E-state index contributed by atoms with van der Waals surface area (Å²) in [6, 6.07) is 11.4. The Morgan fingerprint density at radius 2 is 1.95 bits per heavy atom. The first-order valence-corrected chi connectivity index (χ1v) is 6.49. The number of anilines is 1. The van der Waals surface area contributed by atoms with E-state index >= 15 is 0 Å². The molecule has 0 spiro atoms. The zero-order chi connectivity index (χ0) is 14.5. The van der Waals surface area contributed by atoms with Gasteiger partial charge in [0.1, 0.15) is 0 Å². The Morgan fingerprint density at radius 1 is 1.25 bits per heavy atom. The quantitative estimate of drug-likeness (QED) is 0.660. The Kier molecular flexibility index (Phi) is 4.25. The first-order valence-electron chi connectivity index (χ1n) is 6.49. The number of hydrogen-bond acceptors (Lipinski definition) is 2. The van der Waals surface area contributed by atoms with Crippen LogP contribution in [-0.4, -0.2) is 10.5 Å². The van der Waals surface area contributed by atoms with Crippen LogP contribution in [0.1, 0.15) is 17.0 Å². The van der Waals surface area contributed by atoms with Crippen molar-refractivity contribution in [1.29, 1.82) is 0 Å². The second kappa shape index (κ2) is 6.10. The number of nitrogens with one attached hydrogen (secondary N) is 1. The van der Waals surface area contributed by atoms with E-state index in [4.69, 9.17) is 5.73 Å². The lowest BCUT2D eigenvalue weighted by molar-refractivity contribution is -0.116. The Hall–Kier alpha value is -2.49. The van der Waals surface area contributed by atoms with Gasteiger partial charge in [0.05, 0.1) is 6.54 Å². The highest BCUT2D eigenvalue weighted by atomic mass is 16.1. The van der Waals surface area contributed by atoms with Gasteiger partial charge in [-0.1, -0.05) is 12.1 Å². The standard InChI is InChI=1S/C16H19N3O/c1-12-3-9-15(19(12)2)11-18-16(20)10-6-13-4-7-14(17)8-5-13/h3-10H,11,17H2,1-2H3,(H,18,20)/b10-6+. The van der Waals surface area contributed by atoms with Gasteiger partial charge >= 0.3 is 0 Å². The van der Waals surface area contributed by atoms with E-state index in [9.17, 15) is 4.79 Å². The summed E-state index contributed by atoms with van der Waals surface area (Å²) in [6.45, 7) is 2.56. The highest BCUT2D eigenvalue weighted by Crippen LogP contribution is 2.07. The van der Waals surface area contributed by atoms with Crippen LogP contribution in [0, 0.1) is 6.92 Å². The zero-order valence-corrected chi connectivity index (χ0v) is 11.8. The van der Waals surface area contributed by atoms with E-state index in [1.54, 1.807) is 6.08 Å². The summed E-state index contributed by atoms with van der Waals surface area (Å²) >= 11 is 0. The van der Waals surface area contributed by atoms with Crippen LogP contribution >= 0.6 is 0 Å². The normalized spacial score (nSPS) is 10.9. The maximum absolute atomic E-state index is 11.7. The third-order valence-electron chi connectivity index (χ3n) is 3.28. The Labute approximate surface area is 118 Å². The first kappa shape index (κ1) is 13.9. The minimum absolute atomic E-state index is 0.110. The molecule has 0 aliphatic rings. The topological polar surface area (TPSA) is 60.1 Å². The molecule has 1 heterocycles. The van der Waals surface area contributed by atoms with E-state index in [1.165, 1.54) is 11.8 Å². The van der Waals surface area contributed by atoms with Crippen molar-refractivity contribution in [2.75, 3.05) is 5.73 Å². The van der Waals surface area contributed by atoms with Crippen molar-refractivity contribution < 1.29 is 4.79 Å². The third kappa shape index (κ3) is 3.51. The summed E-state index contributed by atoms with van der Waals surface area (Å²) in [6.07, 6.45) is 3.30. The van der Waals surface area contributed by atoms with E-state index in [-0.39, 0.29) is 5.91 Å². The summed E-state index contributed by atoms with van der Waals surface area (Å²) in [5.41, 5.74) is 9.52. The predicted octanol–water partition coefficient (Wildman–Crippen LogP) is 2.25. The molecule has 0 fully saturated rings. The van der Waals surface area contributed by atoms with Gasteiger partial charge in [-0.3, -0.25) is 4.79 Å². The van der Waals surface area contributed by atoms with Gasteiger partial charge in [0.25, 0.3) is 0 Å². The molecule has 20 heavy (non-hydrogen) atoms. The summed E-state index contributed by atoms with van der Waals surface area (Å²) in [4.78, 5) is 11.7. The third-order valence-corrected chi connectivity index (χ3v) is 3.28. The summed E-state index contributed by atoms with van der Waals surface area (Å²) in [7, 11) is 1.99. The van der Waals surface area contributed by atoms with Crippen molar-refractivity contribution >= 4 is 17.7 Å². The van der Waals surface area contributed by atoms with Crippen LogP contribution in [0.4, 0.5) is 5.69 Å². The molecule has 2 rings (SSSR count). The molecule has 4 nitrogen and oxygen atoms in total. The van der Waals surface area contributed by atoms with E-state index in [0.717, 1.165) is 11.3 Å². The molecule has 0 radical (unpaired) electrons. The van der Waals surface area contributed by atoms with Crippen molar-refractivity contribution in [3.8, 4) is 0 Å². The van der Waals surface area contributed by atoms with Crippen LogP contribution in [0.15, 0.2) is 42.5 Å². The Morgan fingerprint density at radius 3 is 2.55 bits per heavy atom. The van der Waals surface area contributed by atoms with Crippen molar-refractivity contribution in [3.05, 3.63) is 59.4 Å². The summed E-state index contributed by atoms with van der Waals surface area (Å²) in [5.74, 6) is -0.110. The number of aryl methyl sites for hydroxylation is 1. The van der Waals surface area contributed by atoms with Gasteiger partial charge in [0.15, 0.2) is 0 Å². The molecule has 3 N–H and O–H groups in total. The summed E-state index contributed by atoms with van der Waals surface area (Å²) < 4.78 is 2.06. The monoisotopic (exact) mass is 269 g/mol. The number of aromatic nitrogens is 1. The molecule has 0 saturated heterocycles. The fraction of sp³-hybridized carbons (Fsp3) is 0.188. The molecule has 0 aliphatic heterocycles. The molecular formula is C16H19N3O. The van der Waals surface area contributed by atoms with Crippen LogP contribution in [-0.2, 0) is 18.4 Å². The van der Waals surface area contributed by atoms with Crippen LogP contribution < -0.4 is 11.1 Å². The highest BCUT2D eigenvalue weighted by molar-refractivity contribution is 5.91. The van der Waals surface area contributed by atoms with Crippen LogP contribution in [0.2, 0.25) is 0 Å². The largest absolute Gasteiger partial charge is 0.399 e. The molecule has 2 aromatic rings. The molecule has 0 saturated carbocycles. The molecule has 0 unspecified atom stereocenters. The molecule has 4 heteroatoms. The maximum Gasteiger partial charge on any atom is 0.244 e. The number of benzene rings is 1. The van der Waals surface area contributed by atoms with Gasteiger partial charge in [-0.15, -0.1) is 0 Å². The minimum atomic E-state index is -0.110. The van der Waals surface area contributed by atoms with E-state index < -0.39 is 0 Å². The number of carbonyl (C=O) groups is 1. The zero-order valence-electron chi connectivity index (χ0n) is 11.8. The number of hydrogen-bond donors (Lipinski definition) is 2. The van der Waals surface area contributed by atoms with Crippen molar-refractivity contribution in [3.63, 3.8) is 0 Å². The molecule has 0 bridgehead atoms. The SMILES string of the molecule is Cc1ccc(CNC(=O)/C=C/c2ccc(N)cc2)n1C. The molecule has 104 valence electrons. The number of amides is 1. The average molecular weight is 269 g/mol. The van der Waals surface area contributed by atoms with E-state index in [0.29, 0.717) is 12.2 Å². The van der Waals surface area contributed by atoms with Gasteiger partial charge in [-0.05, 0) is 42.8 Å². The van der Waals surface area contributed by atoms with Gasteiger partial charge in [0, 0.05) is 30.2 Å². The van der Waals surface area contributed by atoms with Crippen molar-refractivity contribution in [2.45, 2.75) is 13.5 Å². The number of nitrogen functional groups attached to an aromatic ring is 1. The second-order valence-corrected chi connectivity index (χ2v) is 4.74. The van der Waals surface area contributed by atoms with Gasteiger partial charge in [-0.25, -0.2) is 0 Å².